The summed E-state index contributed by atoms with van der Waals surface area (Å²) in [6.07, 6.45) is 2.27. The minimum Gasteiger partial charge on any atom is -0.350 e. The highest BCUT2D eigenvalue weighted by Crippen LogP contribution is 2.26. The molecule has 1 aliphatic rings. The van der Waals surface area contributed by atoms with Gasteiger partial charge in [0.05, 0.1) is 4.90 Å². The molecule has 4 aromatic carbocycles. The molecule has 2 N–H and O–H groups in total. The van der Waals surface area contributed by atoms with E-state index in [1.165, 1.54) is 0 Å². The first kappa shape index (κ1) is 30.5. The molecule has 1 fully saturated rings. The van der Waals surface area contributed by atoms with Crippen molar-refractivity contribution in [3.8, 4) is 0 Å². The first-order valence-corrected chi connectivity index (χ1v) is 16.2. The van der Waals surface area contributed by atoms with Gasteiger partial charge in [-0.1, -0.05) is 96.5 Å². The molecule has 1 aliphatic carbocycles. The van der Waals surface area contributed by atoms with Gasteiger partial charge in [0.15, 0.2) is 0 Å². The zero-order chi connectivity index (χ0) is 30.2. The number of halogens is 1. The van der Waals surface area contributed by atoms with Crippen molar-refractivity contribution in [3.63, 3.8) is 0 Å². The van der Waals surface area contributed by atoms with Crippen molar-refractivity contribution in [1.82, 2.24) is 14.9 Å². The van der Waals surface area contributed by atoms with Crippen LogP contribution in [-0.2, 0) is 39.1 Å². The standard InChI is InChI=1S/C34H34ClN3O4S/c35-29-16-11-26(12-17-29)23-36-34(40)33(28-9-5-2-6-10-28)38(24-27-7-3-1-4-8-27)32(39)22-15-25-13-20-31(21-14-25)43(41,42)37-30-18-19-30/h1-14,16-17,20-21,30,33,37H,15,18-19,22-24H2,(H,36,40). The molecule has 7 nitrogen and oxygen atoms in total. The predicted octanol–water partition coefficient (Wildman–Crippen LogP) is 5.80. The summed E-state index contributed by atoms with van der Waals surface area (Å²) in [6, 6.07) is 31.9. The molecule has 0 bridgehead atoms. The Kier molecular flexibility index (Phi) is 9.92. The lowest BCUT2D eigenvalue weighted by atomic mass is 10.0. The maximum Gasteiger partial charge on any atom is 0.247 e. The molecule has 1 saturated carbocycles. The summed E-state index contributed by atoms with van der Waals surface area (Å²) < 4.78 is 27.8. The fourth-order valence-electron chi connectivity index (χ4n) is 4.82. The molecule has 4 aromatic rings. The van der Waals surface area contributed by atoms with Gasteiger partial charge in [0.2, 0.25) is 21.8 Å². The minimum absolute atomic E-state index is 0.0267. The smallest absolute Gasteiger partial charge is 0.247 e. The highest BCUT2D eigenvalue weighted by atomic mass is 35.5. The number of hydrogen-bond acceptors (Lipinski definition) is 4. The normalized spacial score (nSPS) is 13.7. The van der Waals surface area contributed by atoms with E-state index in [0.29, 0.717) is 17.0 Å². The summed E-state index contributed by atoms with van der Waals surface area (Å²) in [4.78, 5) is 29.6. The predicted molar refractivity (Wildman–Crippen MR) is 168 cm³/mol. The third-order valence-electron chi connectivity index (χ3n) is 7.33. The number of nitrogens with zero attached hydrogens (tertiary/aromatic N) is 1. The fourth-order valence-corrected chi connectivity index (χ4v) is 6.25. The molecule has 9 heteroatoms. The molecule has 1 unspecified atom stereocenters. The Morgan fingerprint density at radius 1 is 0.791 bits per heavy atom. The van der Waals surface area contributed by atoms with E-state index >= 15 is 0 Å². The Hall–Kier alpha value is -3.98. The number of benzene rings is 4. The average molecular weight is 616 g/mol. The van der Waals surface area contributed by atoms with Crippen LogP contribution < -0.4 is 10.0 Å². The van der Waals surface area contributed by atoms with Gasteiger partial charge in [-0.3, -0.25) is 9.59 Å². The number of sulfonamides is 1. The second-order valence-corrected chi connectivity index (χ2v) is 12.9. The molecule has 0 heterocycles. The van der Waals surface area contributed by atoms with Gasteiger partial charge in [-0.2, -0.15) is 0 Å². The van der Waals surface area contributed by atoms with Crippen LogP contribution in [-0.4, -0.2) is 31.2 Å². The van der Waals surface area contributed by atoms with E-state index in [1.54, 1.807) is 41.3 Å². The second kappa shape index (κ2) is 14.0. The number of aryl methyl sites for hydroxylation is 1. The first-order valence-electron chi connectivity index (χ1n) is 14.3. The Labute approximate surface area is 257 Å². The molecule has 5 rings (SSSR count). The highest BCUT2D eigenvalue weighted by Gasteiger charge is 2.31. The molecule has 0 radical (unpaired) electrons. The van der Waals surface area contributed by atoms with Crippen LogP contribution >= 0.6 is 11.6 Å². The Morgan fingerprint density at radius 3 is 2.02 bits per heavy atom. The second-order valence-electron chi connectivity index (χ2n) is 10.7. The molecular formula is C34H34ClN3O4S. The summed E-state index contributed by atoms with van der Waals surface area (Å²) in [7, 11) is -3.55. The number of rotatable bonds is 13. The van der Waals surface area contributed by atoms with E-state index in [-0.39, 0.29) is 42.3 Å². The van der Waals surface area contributed by atoms with Crippen molar-refractivity contribution in [2.24, 2.45) is 0 Å². The van der Waals surface area contributed by atoms with Gasteiger partial charge in [0, 0.05) is 30.6 Å². The lowest BCUT2D eigenvalue weighted by Crippen LogP contribution is -2.43. The number of hydrogen-bond donors (Lipinski definition) is 2. The third-order valence-corrected chi connectivity index (χ3v) is 9.12. The maximum absolute atomic E-state index is 13.9. The molecule has 2 amide bonds. The molecule has 0 saturated heterocycles. The van der Waals surface area contributed by atoms with Crippen LogP contribution in [0.25, 0.3) is 0 Å². The molecule has 0 spiro atoms. The van der Waals surface area contributed by atoms with E-state index in [0.717, 1.165) is 29.5 Å². The molecule has 43 heavy (non-hydrogen) atoms. The lowest BCUT2D eigenvalue weighted by molar-refractivity contribution is -0.141. The van der Waals surface area contributed by atoms with E-state index < -0.39 is 16.1 Å². The Morgan fingerprint density at radius 2 is 1.40 bits per heavy atom. The number of amides is 2. The van der Waals surface area contributed by atoms with Crippen LogP contribution in [0.2, 0.25) is 5.02 Å². The van der Waals surface area contributed by atoms with Gasteiger partial charge in [0.1, 0.15) is 6.04 Å². The highest BCUT2D eigenvalue weighted by molar-refractivity contribution is 7.89. The van der Waals surface area contributed by atoms with Crippen LogP contribution in [0.3, 0.4) is 0 Å². The van der Waals surface area contributed by atoms with Crippen LogP contribution in [0.15, 0.2) is 114 Å². The van der Waals surface area contributed by atoms with E-state index in [9.17, 15) is 18.0 Å². The van der Waals surface area contributed by atoms with Gasteiger partial charge in [-0.05, 0) is 65.8 Å². The average Bonchev–Trinajstić information content (AvgIpc) is 3.84. The van der Waals surface area contributed by atoms with Crippen molar-refractivity contribution in [3.05, 3.63) is 136 Å². The number of nitrogens with one attached hydrogen (secondary N) is 2. The maximum atomic E-state index is 13.9. The number of carbonyl (C=O) groups is 2. The van der Waals surface area contributed by atoms with Gasteiger partial charge in [-0.15, -0.1) is 0 Å². The first-order chi connectivity index (χ1) is 20.8. The molecule has 1 atom stereocenters. The summed E-state index contributed by atoms with van der Waals surface area (Å²) >= 11 is 6.02. The van der Waals surface area contributed by atoms with Gasteiger partial charge in [0.25, 0.3) is 0 Å². The molecule has 222 valence electrons. The summed E-state index contributed by atoms with van der Waals surface area (Å²) in [5.41, 5.74) is 3.34. The topological polar surface area (TPSA) is 95.6 Å². The fraction of sp³-hybridized carbons (Fsp3) is 0.235. The quantitative estimate of drug-likeness (QED) is 0.199. The van der Waals surface area contributed by atoms with Crippen molar-refractivity contribution in [1.29, 1.82) is 0 Å². The zero-order valence-electron chi connectivity index (χ0n) is 23.7. The van der Waals surface area contributed by atoms with E-state index in [4.69, 9.17) is 11.6 Å². The summed E-state index contributed by atoms with van der Waals surface area (Å²) in [5.74, 6) is -0.477. The van der Waals surface area contributed by atoms with Crippen LogP contribution in [0, 0.1) is 0 Å². The molecule has 0 aliphatic heterocycles. The van der Waals surface area contributed by atoms with Crippen LogP contribution in [0.4, 0.5) is 0 Å². The van der Waals surface area contributed by atoms with Gasteiger partial charge in [-0.25, -0.2) is 13.1 Å². The largest absolute Gasteiger partial charge is 0.350 e. The van der Waals surface area contributed by atoms with Gasteiger partial charge >= 0.3 is 0 Å². The zero-order valence-corrected chi connectivity index (χ0v) is 25.2. The van der Waals surface area contributed by atoms with Crippen molar-refractivity contribution in [2.45, 2.75) is 55.8 Å². The monoisotopic (exact) mass is 615 g/mol. The Bertz CT molecular complexity index is 1630. The molecular weight excluding hydrogens is 582 g/mol. The van der Waals surface area contributed by atoms with Crippen LogP contribution in [0.5, 0.6) is 0 Å². The van der Waals surface area contributed by atoms with Crippen molar-refractivity contribution < 1.29 is 18.0 Å². The molecule has 0 aromatic heterocycles. The van der Waals surface area contributed by atoms with Gasteiger partial charge < -0.3 is 10.2 Å². The lowest BCUT2D eigenvalue weighted by Gasteiger charge is -2.32. The third kappa shape index (κ3) is 8.54. The van der Waals surface area contributed by atoms with Crippen molar-refractivity contribution >= 4 is 33.4 Å². The Balaban J connectivity index is 1.35. The van der Waals surface area contributed by atoms with Crippen molar-refractivity contribution in [2.75, 3.05) is 0 Å². The van der Waals surface area contributed by atoms with E-state index in [2.05, 4.69) is 10.0 Å². The SMILES string of the molecule is O=C(NCc1ccc(Cl)cc1)C(c1ccccc1)N(Cc1ccccc1)C(=O)CCc1ccc(S(=O)(=O)NC2CC2)cc1. The number of carbonyl (C=O) groups excluding carboxylic acids is 2. The van der Waals surface area contributed by atoms with Crippen LogP contribution in [0.1, 0.15) is 47.6 Å². The summed E-state index contributed by atoms with van der Waals surface area (Å²) in [6.45, 7) is 0.537. The summed E-state index contributed by atoms with van der Waals surface area (Å²) in [5, 5.41) is 3.63. The minimum atomic E-state index is -3.55. The van der Waals surface area contributed by atoms with E-state index in [1.807, 2.05) is 72.8 Å².